The van der Waals surface area contributed by atoms with Crippen molar-refractivity contribution in [2.45, 2.75) is 45.1 Å². The van der Waals surface area contributed by atoms with Gasteiger partial charge in [-0.15, -0.1) is 0 Å². The Hall–Kier alpha value is -2.34. The molecular formula is C19H24N4O2. The van der Waals surface area contributed by atoms with E-state index in [1.54, 1.807) is 0 Å². The van der Waals surface area contributed by atoms with Crippen molar-refractivity contribution >= 4 is 5.97 Å². The molecule has 1 aliphatic rings. The quantitative estimate of drug-likeness (QED) is 0.871. The van der Waals surface area contributed by atoms with Crippen LogP contribution in [0.15, 0.2) is 30.6 Å². The first-order valence-electron chi connectivity index (χ1n) is 8.77. The molecular weight excluding hydrogens is 316 g/mol. The Morgan fingerprint density at radius 2 is 2.12 bits per heavy atom. The Labute approximate surface area is 148 Å². The normalized spacial score (nSPS) is 18.2. The molecule has 25 heavy (non-hydrogen) atoms. The highest BCUT2D eigenvalue weighted by Gasteiger charge is 2.22. The van der Waals surface area contributed by atoms with E-state index in [0.29, 0.717) is 12.3 Å². The molecule has 6 heteroatoms. The molecule has 3 heterocycles. The summed E-state index contributed by atoms with van der Waals surface area (Å²) in [5.41, 5.74) is 3.08. The molecule has 6 nitrogen and oxygen atoms in total. The standard InChI is InChI=1S/C19H24N4O2/c1-14-20-10-15(11-21-14)12-23-9-3-4-16(13-23)18-6-2-5-17(22-18)7-8-19(24)25/h2,5-6,10-11,16H,3-4,7-9,12-13H2,1H3,(H,24,25)/t16-/m1/s1. The first-order chi connectivity index (χ1) is 12.1. The zero-order chi connectivity index (χ0) is 17.6. The highest BCUT2D eigenvalue weighted by Crippen LogP contribution is 2.26. The number of nitrogens with zero attached hydrogens (tertiary/aromatic N) is 4. The van der Waals surface area contributed by atoms with Gasteiger partial charge in [-0.25, -0.2) is 9.97 Å². The summed E-state index contributed by atoms with van der Waals surface area (Å²) in [7, 11) is 0. The third-order valence-electron chi connectivity index (χ3n) is 4.59. The molecule has 132 valence electrons. The Bertz CT molecular complexity index is 718. The van der Waals surface area contributed by atoms with E-state index >= 15 is 0 Å². The van der Waals surface area contributed by atoms with Crippen LogP contribution >= 0.6 is 0 Å². The van der Waals surface area contributed by atoms with Gasteiger partial charge in [0.2, 0.25) is 0 Å². The molecule has 0 amide bonds. The zero-order valence-corrected chi connectivity index (χ0v) is 14.6. The maximum Gasteiger partial charge on any atom is 0.303 e. The number of aliphatic carboxylic acids is 1. The number of hydrogen-bond acceptors (Lipinski definition) is 5. The minimum absolute atomic E-state index is 0.126. The highest BCUT2D eigenvalue weighted by atomic mass is 16.4. The fourth-order valence-corrected chi connectivity index (χ4v) is 3.30. The van der Waals surface area contributed by atoms with E-state index in [4.69, 9.17) is 10.1 Å². The van der Waals surface area contributed by atoms with Crippen LogP contribution in [0.1, 0.15) is 48.0 Å². The molecule has 3 rings (SSSR count). The van der Waals surface area contributed by atoms with Gasteiger partial charge in [0.15, 0.2) is 0 Å². The van der Waals surface area contributed by atoms with Crippen molar-refractivity contribution in [1.29, 1.82) is 0 Å². The Kier molecular flexibility index (Phi) is 5.71. The van der Waals surface area contributed by atoms with Crippen LogP contribution in [0.3, 0.4) is 0 Å². The number of carbonyl (C=O) groups is 1. The molecule has 0 radical (unpaired) electrons. The number of hydrogen-bond donors (Lipinski definition) is 1. The summed E-state index contributed by atoms with van der Waals surface area (Å²) in [6, 6.07) is 5.97. The number of carboxylic acid groups (broad SMARTS) is 1. The topological polar surface area (TPSA) is 79.2 Å². The van der Waals surface area contributed by atoms with Gasteiger partial charge in [-0.3, -0.25) is 14.7 Å². The second-order valence-corrected chi connectivity index (χ2v) is 6.66. The van der Waals surface area contributed by atoms with Gasteiger partial charge in [0.1, 0.15) is 5.82 Å². The van der Waals surface area contributed by atoms with Gasteiger partial charge in [0.05, 0.1) is 6.42 Å². The predicted octanol–water partition coefficient (Wildman–Crippen LogP) is 2.58. The number of piperidine rings is 1. The van der Waals surface area contributed by atoms with Crippen LogP contribution in [0.4, 0.5) is 0 Å². The Morgan fingerprint density at radius 1 is 1.32 bits per heavy atom. The molecule has 0 unspecified atom stereocenters. The number of pyridine rings is 1. The number of rotatable bonds is 6. The monoisotopic (exact) mass is 340 g/mol. The molecule has 1 N–H and O–H groups in total. The second-order valence-electron chi connectivity index (χ2n) is 6.66. The van der Waals surface area contributed by atoms with E-state index < -0.39 is 5.97 Å². The van der Waals surface area contributed by atoms with Crippen LogP contribution in [0.25, 0.3) is 0 Å². The predicted molar refractivity (Wildman–Crippen MR) is 94.2 cm³/mol. The summed E-state index contributed by atoms with van der Waals surface area (Å²) in [5.74, 6) is 0.406. The van der Waals surface area contributed by atoms with Gasteiger partial charge >= 0.3 is 5.97 Å². The van der Waals surface area contributed by atoms with Crippen LogP contribution in [0, 0.1) is 6.92 Å². The van der Waals surface area contributed by atoms with Gasteiger partial charge in [0, 0.05) is 54.8 Å². The molecule has 1 atom stereocenters. The SMILES string of the molecule is Cc1ncc(CN2CCC[C@@H](c3cccc(CCC(=O)O)n3)C2)cn1. The highest BCUT2D eigenvalue weighted by molar-refractivity contribution is 5.66. The van der Waals surface area contributed by atoms with Gasteiger partial charge in [0.25, 0.3) is 0 Å². The summed E-state index contributed by atoms with van der Waals surface area (Å²) < 4.78 is 0. The van der Waals surface area contributed by atoms with Crippen LogP contribution in [-0.4, -0.2) is 44.0 Å². The maximum absolute atomic E-state index is 10.8. The van der Waals surface area contributed by atoms with Crippen molar-refractivity contribution in [2.75, 3.05) is 13.1 Å². The van der Waals surface area contributed by atoms with E-state index in [2.05, 4.69) is 20.9 Å². The minimum Gasteiger partial charge on any atom is -0.481 e. The largest absolute Gasteiger partial charge is 0.481 e. The van der Waals surface area contributed by atoms with Crippen molar-refractivity contribution in [3.63, 3.8) is 0 Å². The number of aromatic nitrogens is 3. The summed E-state index contributed by atoms with van der Waals surface area (Å²) >= 11 is 0. The van der Waals surface area contributed by atoms with Crippen molar-refractivity contribution < 1.29 is 9.90 Å². The summed E-state index contributed by atoms with van der Waals surface area (Å²) in [6.07, 6.45) is 6.67. The average Bonchev–Trinajstić information content (AvgIpc) is 2.62. The summed E-state index contributed by atoms with van der Waals surface area (Å²) in [6.45, 7) is 4.78. The van der Waals surface area contributed by atoms with Crippen LogP contribution in [-0.2, 0) is 17.8 Å². The van der Waals surface area contributed by atoms with Gasteiger partial charge in [-0.2, -0.15) is 0 Å². The van der Waals surface area contributed by atoms with E-state index in [9.17, 15) is 4.79 Å². The van der Waals surface area contributed by atoms with Gasteiger partial charge < -0.3 is 5.11 Å². The number of aryl methyl sites for hydroxylation is 2. The fraction of sp³-hybridized carbons (Fsp3) is 0.474. The van der Waals surface area contributed by atoms with Crippen LogP contribution < -0.4 is 0 Å². The molecule has 1 aliphatic heterocycles. The van der Waals surface area contributed by atoms with E-state index in [-0.39, 0.29) is 6.42 Å². The lowest BCUT2D eigenvalue weighted by molar-refractivity contribution is -0.136. The minimum atomic E-state index is -0.781. The van der Waals surface area contributed by atoms with Crippen LogP contribution in [0.2, 0.25) is 0 Å². The molecule has 1 fully saturated rings. The van der Waals surface area contributed by atoms with Gasteiger partial charge in [-0.1, -0.05) is 6.07 Å². The van der Waals surface area contributed by atoms with E-state index in [0.717, 1.165) is 55.3 Å². The van der Waals surface area contributed by atoms with Crippen molar-refractivity contribution in [3.8, 4) is 0 Å². The zero-order valence-electron chi connectivity index (χ0n) is 14.6. The average molecular weight is 340 g/mol. The smallest absolute Gasteiger partial charge is 0.303 e. The molecule has 0 aromatic carbocycles. The van der Waals surface area contributed by atoms with Gasteiger partial charge in [-0.05, 0) is 38.4 Å². The lowest BCUT2D eigenvalue weighted by atomic mass is 9.93. The Morgan fingerprint density at radius 3 is 2.88 bits per heavy atom. The molecule has 0 spiro atoms. The van der Waals surface area contributed by atoms with Crippen molar-refractivity contribution in [1.82, 2.24) is 19.9 Å². The molecule has 2 aromatic heterocycles. The fourth-order valence-electron chi connectivity index (χ4n) is 3.30. The molecule has 0 bridgehead atoms. The lowest BCUT2D eigenvalue weighted by Crippen LogP contribution is -2.34. The lowest BCUT2D eigenvalue weighted by Gasteiger charge is -2.32. The first kappa shape index (κ1) is 17.5. The van der Waals surface area contributed by atoms with E-state index in [1.807, 2.05) is 31.5 Å². The third kappa shape index (κ3) is 5.06. The molecule has 0 aliphatic carbocycles. The summed E-state index contributed by atoms with van der Waals surface area (Å²) in [5, 5.41) is 8.84. The summed E-state index contributed by atoms with van der Waals surface area (Å²) in [4.78, 5) is 26.4. The first-order valence-corrected chi connectivity index (χ1v) is 8.77. The maximum atomic E-state index is 10.8. The second kappa shape index (κ2) is 8.16. The Balaban J connectivity index is 1.63. The van der Waals surface area contributed by atoms with E-state index in [1.165, 1.54) is 0 Å². The van der Waals surface area contributed by atoms with Crippen LogP contribution in [0.5, 0.6) is 0 Å². The number of carboxylic acids is 1. The van der Waals surface area contributed by atoms with Crippen molar-refractivity contribution in [3.05, 3.63) is 53.4 Å². The number of likely N-dealkylation sites (tertiary alicyclic amines) is 1. The third-order valence-corrected chi connectivity index (χ3v) is 4.59. The van der Waals surface area contributed by atoms with Crippen molar-refractivity contribution in [2.24, 2.45) is 0 Å². The molecule has 0 saturated carbocycles. The molecule has 2 aromatic rings. The molecule has 1 saturated heterocycles.